The van der Waals surface area contributed by atoms with Crippen molar-refractivity contribution in [2.75, 3.05) is 19.0 Å². The Kier molecular flexibility index (Phi) is 6.80. The maximum absolute atomic E-state index is 11.3. The van der Waals surface area contributed by atoms with Crippen LogP contribution in [0.25, 0.3) is 11.3 Å². The number of anilines is 1. The first-order valence-electron chi connectivity index (χ1n) is 10.8. The molecule has 0 atom stereocenters. The molecule has 0 aliphatic heterocycles. The normalized spacial score (nSPS) is 15.4. The minimum atomic E-state index is -0.372. The Bertz CT molecular complexity index is 1170. The van der Waals surface area contributed by atoms with E-state index in [4.69, 9.17) is 10.1 Å². The fraction of sp³-hybridized carbons (Fsp3) is 0.333. The number of aromatic nitrogens is 1. The Morgan fingerprint density at radius 1 is 1.12 bits per heavy atom. The second-order valence-corrected chi connectivity index (χ2v) is 9.01. The van der Waals surface area contributed by atoms with Gasteiger partial charge in [-0.2, -0.15) is 5.10 Å². The first-order chi connectivity index (χ1) is 15.5. The lowest BCUT2D eigenvalue weighted by molar-refractivity contribution is -0.384. The topological polar surface area (TPSA) is 76.0 Å². The Hall–Kier alpha value is -3.26. The first kappa shape index (κ1) is 22.0. The van der Waals surface area contributed by atoms with Gasteiger partial charge in [-0.1, -0.05) is 43.5 Å². The van der Waals surface area contributed by atoms with Gasteiger partial charge in [-0.25, -0.2) is 4.68 Å². The van der Waals surface area contributed by atoms with Crippen LogP contribution < -0.4 is 9.70 Å². The zero-order valence-corrected chi connectivity index (χ0v) is 19.2. The van der Waals surface area contributed by atoms with Gasteiger partial charge in [0, 0.05) is 42.9 Å². The van der Waals surface area contributed by atoms with Crippen LogP contribution in [0.5, 0.6) is 0 Å². The van der Waals surface area contributed by atoms with Crippen molar-refractivity contribution in [2.45, 2.75) is 38.1 Å². The van der Waals surface area contributed by atoms with E-state index in [0.717, 1.165) is 40.2 Å². The van der Waals surface area contributed by atoms with Crippen molar-refractivity contribution in [3.8, 4) is 11.3 Å². The molecule has 2 aromatic carbocycles. The SMILES string of the molecule is CN(C)c1ccc(C=Nn2c(-c3cccc([N+](=O)[O-])c3)csc2=NC2CCCCC2)cc1. The largest absolute Gasteiger partial charge is 0.378 e. The number of benzene rings is 2. The molecule has 32 heavy (non-hydrogen) atoms. The van der Waals surface area contributed by atoms with E-state index < -0.39 is 0 Å². The summed E-state index contributed by atoms with van der Waals surface area (Å²) in [5.41, 5.74) is 3.71. The van der Waals surface area contributed by atoms with Crippen LogP contribution in [-0.2, 0) is 0 Å². The van der Waals surface area contributed by atoms with Crippen LogP contribution in [0.4, 0.5) is 11.4 Å². The summed E-state index contributed by atoms with van der Waals surface area (Å²) in [6.45, 7) is 0. The number of nitro groups is 1. The average Bonchev–Trinajstić information content (AvgIpc) is 3.21. The van der Waals surface area contributed by atoms with E-state index in [1.165, 1.54) is 36.7 Å². The lowest BCUT2D eigenvalue weighted by atomic mass is 9.96. The smallest absolute Gasteiger partial charge is 0.270 e. The molecule has 0 spiro atoms. The molecule has 7 nitrogen and oxygen atoms in total. The van der Waals surface area contributed by atoms with Crippen molar-refractivity contribution in [2.24, 2.45) is 10.1 Å². The number of non-ortho nitro benzene ring substituents is 1. The van der Waals surface area contributed by atoms with Crippen LogP contribution in [0.1, 0.15) is 37.7 Å². The van der Waals surface area contributed by atoms with Gasteiger partial charge in [0.1, 0.15) is 0 Å². The second-order valence-electron chi connectivity index (χ2n) is 8.17. The van der Waals surface area contributed by atoms with Gasteiger partial charge < -0.3 is 4.90 Å². The van der Waals surface area contributed by atoms with Crippen LogP contribution in [0.2, 0.25) is 0 Å². The number of hydrogen-bond donors (Lipinski definition) is 0. The van der Waals surface area contributed by atoms with Crippen molar-refractivity contribution in [3.63, 3.8) is 0 Å². The van der Waals surface area contributed by atoms with Crippen molar-refractivity contribution < 1.29 is 4.92 Å². The second kappa shape index (κ2) is 9.91. The summed E-state index contributed by atoms with van der Waals surface area (Å²) < 4.78 is 1.82. The fourth-order valence-corrected chi connectivity index (χ4v) is 4.73. The molecule has 1 heterocycles. The molecule has 4 rings (SSSR count). The van der Waals surface area contributed by atoms with Crippen LogP contribution >= 0.6 is 11.3 Å². The maximum Gasteiger partial charge on any atom is 0.270 e. The summed E-state index contributed by atoms with van der Waals surface area (Å²) in [5, 5.41) is 18.0. The Morgan fingerprint density at radius 2 is 1.88 bits per heavy atom. The summed E-state index contributed by atoms with van der Waals surface area (Å²) in [6, 6.07) is 15.1. The number of nitrogens with zero attached hydrogens (tertiary/aromatic N) is 5. The Balaban J connectivity index is 1.75. The van der Waals surface area contributed by atoms with Crippen molar-refractivity contribution in [3.05, 3.63) is 74.4 Å². The molecule has 0 amide bonds. The molecule has 1 saturated carbocycles. The zero-order valence-electron chi connectivity index (χ0n) is 18.3. The van der Waals surface area contributed by atoms with Gasteiger partial charge in [0.25, 0.3) is 5.69 Å². The van der Waals surface area contributed by atoms with E-state index in [1.54, 1.807) is 12.1 Å². The van der Waals surface area contributed by atoms with Crippen LogP contribution in [0.3, 0.4) is 0 Å². The predicted octanol–water partition coefficient (Wildman–Crippen LogP) is 5.31. The number of hydrogen-bond acceptors (Lipinski definition) is 6. The number of thiazole rings is 1. The lowest BCUT2D eigenvalue weighted by Gasteiger charge is -2.16. The summed E-state index contributed by atoms with van der Waals surface area (Å²) in [4.78, 5) is 18.8. The van der Waals surface area contributed by atoms with Crippen LogP contribution in [-0.4, -0.2) is 36.0 Å². The van der Waals surface area contributed by atoms with E-state index in [2.05, 4.69) is 17.0 Å². The van der Waals surface area contributed by atoms with Gasteiger partial charge >= 0.3 is 0 Å². The van der Waals surface area contributed by atoms with Gasteiger partial charge in [0.2, 0.25) is 4.80 Å². The monoisotopic (exact) mass is 449 g/mol. The van der Waals surface area contributed by atoms with Crippen molar-refractivity contribution >= 4 is 28.9 Å². The molecule has 0 radical (unpaired) electrons. The summed E-state index contributed by atoms with van der Waals surface area (Å²) >= 11 is 1.53. The molecular weight excluding hydrogens is 422 g/mol. The number of rotatable bonds is 6. The van der Waals surface area contributed by atoms with Crippen LogP contribution in [0, 0.1) is 10.1 Å². The Labute approximate surface area is 191 Å². The van der Waals surface area contributed by atoms with Gasteiger partial charge in [-0.05, 0) is 30.5 Å². The third-order valence-electron chi connectivity index (χ3n) is 5.64. The third-order valence-corrected chi connectivity index (χ3v) is 6.47. The van der Waals surface area contributed by atoms with E-state index >= 15 is 0 Å². The van der Waals surface area contributed by atoms with Crippen molar-refractivity contribution in [1.29, 1.82) is 0 Å². The van der Waals surface area contributed by atoms with E-state index in [0.29, 0.717) is 6.04 Å². The average molecular weight is 450 g/mol. The molecule has 0 saturated heterocycles. The van der Waals surface area contributed by atoms with Crippen LogP contribution in [0.15, 0.2) is 64.0 Å². The molecule has 0 N–H and O–H groups in total. The summed E-state index contributed by atoms with van der Waals surface area (Å²) in [7, 11) is 4.02. The minimum Gasteiger partial charge on any atom is -0.378 e. The van der Waals surface area contributed by atoms with Gasteiger partial charge in [-0.3, -0.25) is 15.1 Å². The molecular formula is C24H27N5O2S. The molecule has 8 heteroatoms. The van der Waals surface area contributed by atoms with Crippen molar-refractivity contribution in [1.82, 2.24) is 4.68 Å². The first-order valence-corrected chi connectivity index (χ1v) is 11.7. The molecule has 3 aromatic rings. The highest BCUT2D eigenvalue weighted by Gasteiger charge is 2.15. The molecule has 0 bridgehead atoms. The quantitative estimate of drug-likeness (QED) is 0.291. The standard InChI is InChI=1S/C24H27N5O2S/c1-27(2)21-13-11-18(12-14-21)16-25-28-23(19-7-6-10-22(15-19)29(30)31)17-32-24(28)26-20-8-4-3-5-9-20/h6-7,10-17,20H,3-5,8-9H2,1-2H3. The number of nitro benzene ring substituents is 1. The van der Waals surface area contributed by atoms with Gasteiger partial charge in [0.05, 0.1) is 22.9 Å². The van der Waals surface area contributed by atoms with Gasteiger partial charge in [0.15, 0.2) is 0 Å². The molecule has 1 aliphatic rings. The molecule has 1 aliphatic carbocycles. The molecule has 1 fully saturated rings. The highest BCUT2D eigenvalue weighted by Crippen LogP contribution is 2.25. The lowest BCUT2D eigenvalue weighted by Crippen LogP contribution is -2.19. The minimum absolute atomic E-state index is 0.0641. The highest BCUT2D eigenvalue weighted by atomic mass is 32.1. The van der Waals surface area contributed by atoms with E-state index in [-0.39, 0.29) is 10.6 Å². The highest BCUT2D eigenvalue weighted by molar-refractivity contribution is 7.07. The van der Waals surface area contributed by atoms with Gasteiger partial charge in [-0.15, -0.1) is 11.3 Å². The molecule has 166 valence electrons. The maximum atomic E-state index is 11.3. The predicted molar refractivity (Wildman–Crippen MR) is 131 cm³/mol. The zero-order chi connectivity index (χ0) is 22.5. The summed E-state index contributed by atoms with van der Waals surface area (Å²) in [6.07, 6.45) is 7.69. The molecule has 1 aromatic heterocycles. The third kappa shape index (κ3) is 5.13. The Morgan fingerprint density at radius 3 is 2.56 bits per heavy atom. The summed E-state index contributed by atoms with van der Waals surface area (Å²) in [5.74, 6) is 0. The molecule has 0 unspecified atom stereocenters. The van der Waals surface area contributed by atoms with E-state index in [9.17, 15) is 10.1 Å². The van der Waals surface area contributed by atoms with E-state index in [1.807, 2.05) is 48.6 Å². The fourth-order valence-electron chi connectivity index (χ4n) is 3.83.